The number of likely N-dealkylation sites (tertiary alicyclic amines) is 1. The molecular weight excluding hydrogens is 326 g/mol. The summed E-state index contributed by atoms with van der Waals surface area (Å²) in [6, 6.07) is 5.02. The summed E-state index contributed by atoms with van der Waals surface area (Å²) in [6.07, 6.45) is 8.09. The quantitative estimate of drug-likeness (QED) is 0.816. The second kappa shape index (κ2) is 7.44. The van der Waals surface area contributed by atoms with E-state index in [0.717, 1.165) is 25.9 Å². The summed E-state index contributed by atoms with van der Waals surface area (Å²) >= 11 is 0. The molecule has 2 aliphatic rings. The van der Waals surface area contributed by atoms with Crippen LogP contribution in [0.4, 0.5) is 0 Å². The smallest absolute Gasteiger partial charge is 0.244 e. The van der Waals surface area contributed by atoms with Crippen LogP contribution in [0, 0.1) is 0 Å². The third-order valence-electron chi connectivity index (χ3n) is 4.60. The normalized spacial score (nSPS) is 27.3. The molecule has 1 aromatic heterocycles. The molecule has 1 N–H and O–H groups in total. The highest BCUT2D eigenvalue weighted by molar-refractivity contribution is 7.91. The van der Waals surface area contributed by atoms with E-state index in [-0.39, 0.29) is 29.5 Å². The Balaban J connectivity index is 1.65. The summed E-state index contributed by atoms with van der Waals surface area (Å²) < 4.78 is 24.1. The molecule has 3 heterocycles. The molecule has 7 heteroatoms. The minimum atomic E-state index is -3.10. The van der Waals surface area contributed by atoms with Crippen LogP contribution >= 0.6 is 0 Å². The van der Waals surface area contributed by atoms with Crippen molar-refractivity contribution in [3.05, 3.63) is 36.2 Å². The first-order chi connectivity index (χ1) is 11.5. The van der Waals surface area contributed by atoms with E-state index in [2.05, 4.69) is 15.2 Å². The van der Waals surface area contributed by atoms with Gasteiger partial charge in [0, 0.05) is 18.3 Å². The third kappa shape index (κ3) is 4.42. The van der Waals surface area contributed by atoms with Gasteiger partial charge in [-0.1, -0.05) is 12.5 Å². The molecule has 0 aromatic carbocycles. The van der Waals surface area contributed by atoms with Crippen molar-refractivity contribution in [3.63, 3.8) is 0 Å². The van der Waals surface area contributed by atoms with Crippen LogP contribution in [-0.4, -0.2) is 60.9 Å². The summed E-state index contributed by atoms with van der Waals surface area (Å²) in [4.78, 5) is 18.5. The van der Waals surface area contributed by atoms with Crippen LogP contribution in [0.15, 0.2) is 30.5 Å². The van der Waals surface area contributed by atoms with E-state index < -0.39 is 9.84 Å². The van der Waals surface area contributed by atoms with Crippen LogP contribution in [0.25, 0.3) is 6.08 Å². The SMILES string of the molecule is O=C(/C=C\c1ccccn1)N[C@@H]1CS(=O)(=O)C[C@H]1N1CCCCC1. The van der Waals surface area contributed by atoms with Gasteiger partial charge in [0.15, 0.2) is 9.84 Å². The van der Waals surface area contributed by atoms with Crippen LogP contribution in [0.3, 0.4) is 0 Å². The lowest BCUT2D eigenvalue weighted by Crippen LogP contribution is -2.52. The van der Waals surface area contributed by atoms with Gasteiger partial charge in [-0.15, -0.1) is 0 Å². The number of carbonyl (C=O) groups is 1. The van der Waals surface area contributed by atoms with E-state index in [4.69, 9.17) is 0 Å². The zero-order chi connectivity index (χ0) is 17.0. The molecule has 130 valence electrons. The number of rotatable bonds is 4. The van der Waals surface area contributed by atoms with Gasteiger partial charge in [-0.3, -0.25) is 14.7 Å². The lowest BCUT2D eigenvalue weighted by atomic mass is 10.0. The molecule has 2 aliphatic heterocycles. The van der Waals surface area contributed by atoms with E-state index in [1.165, 1.54) is 12.5 Å². The number of nitrogens with zero attached hydrogens (tertiary/aromatic N) is 2. The highest BCUT2D eigenvalue weighted by Crippen LogP contribution is 2.22. The molecule has 0 unspecified atom stereocenters. The molecule has 0 saturated carbocycles. The monoisotopic (exact) mass is 349 g/mol. The Labute approximate surface area is 142 Å². The highest BCUT2D eigenvalue weighted by Gasteiger charge is 2.41. The number of piperidine rings is 1. The molecule has 0 aliphatic carbocycles. The van der Waals surface area contributed by atoms with Gasteiger partial charge in [-0.2, -0.15) is 0 Å². The Hall–Kier alpha value is -1.73. The van der Waals surface area contributed by atoms with Gasteiger partial charge in [-0.25, -0.2) is 8.42 Å². The number of aromatic nitrogens is 1. The van der Waals surface area contributed by atoms with Gasteiger partial charge in [-0.05, 0) is 44.1 Å². The van der Waals surface area contributed by atoms with Crippen LogP contribution < -0.4 is 5.32 Å². The van der Waals surface area contributed by atoms with E-state index in [1.807, 2.05) is 12.1 Å². The van der Waals surface area contributed by atoms with Gasteiger partial charge < -0.3 is 5.32 Å². The molecule has 2 atom stereocenters. The Morgan fingerprint density at radius 2 is 2.00 bits per heavy atom. The Morgan fingerprint density at radius 3 is 2.71 bits per heavy atom. The number of amides is 1. The summed E-state index contributed by atoms with van der Waals surface area (Å²) in [5.41, 5.74) is 0.694. The second-order valence-corrected chi connectivity index (χ2v) is 8.60. The Bertz CT molecular complexity index is 697. The van der Waals surface area contributed by atoms with Crippen molar-refractivity contribution in [2.75, 3.05) is 24.6 Å². The second-order valence-electron chi connectivity index (χ2n) is 6.44. The standard InChI is InChI=1S/C17H23N3O3S/c21-17(8-7-14-6-2-3-9-18-14)19-15-12-24(22,23)13-16(15)20-10-4-1-5-11-20/h2-3,6-9,15-16H,1,4-5,10-13H2,(H,19,21)/b8-7-/t15-,16-/m1/s1. The van der Waals surface area contributed by atoms with Crippen molar-refractivity contribution in [3.8, 4) is 0 Å². The Morgan fingerprint density at radius 1 is 1.21 bits per heavy atom. The average molecular weight is 349 g/mol. The summed E-state index contributed by atoms with van der Waals surface area (Å²) in [7, 11) is -3.10. The fourth-order valence-corrected chi connectivity index (χ4v) is 5.40. The molecule has 0 spiro atoms. The maximum Gasteiger partial charge on any atom is 0.244 e. The van der Waals surface area contributed by atoms with Gasteiger partial charge in [0.05, 0.1) is 23.2 Å². The fraction of sp³-hybridized carbons (Fsp3) is 0.529. The van der Waals surface area contributed by atoms with Gasteiger partial charge in [0.2, 0.25) is 5.91 Å². The summed E-state index contributed by atoms with van der Waals surface area (Å²) in [5.74, 6) is -0.107. The van der Waals surface area contributed by atoms with Crippen molar-refractivity contribution < 1.29 is 13.2 Å². The number of sulfone groups is 1. The minimum Gasteiger partial charge on any atom is -0.347 e. The van der Waals surface area contributed by atoms with Crippen LogP contribution in [0.2, 0.25) is 0 Å². The number of pyridine rings is 1. The first kappa shape index (κ1) is 17.1. The predicted molar refractivity (Wildman–Crippen MR) is 93.1 cm³/mol. The topological polar surface area (TPSA) is 79.4 Å². The third-order valence-corrected chi connectivity index (χ3v) is 6.32. The maximum absolute atomic E-state index is 12.2. The lowest BCUT2D eigenvalue weighted by Gasteiger charge is -2.34. The molecule has 6 nitrogen and oxygen atoms in total. The van der Waals surface area contributed by atoms with E-state index >= 15 is 0 Å². The van der Waals surface area contributed by atoms with Gasteiger partial charge >= 0.3 is 0 Å². The van der Waals surface area contributed by atoms with E-state index in [9.17, 15) is 13.2 Å². The summed E-state index contributed by atoms with van der Waals surface area (Å²) in [6.45, 7) is 1.83. The van der Waals surface area contributed by atoms with Gasteiger partial charge in [0.25, 0.3) is 0 Å². The lowest BCUT2D eigenvalue weighted by molar-refractivity contribution is -0.117. The molecular formula is C17H23N3O3S. The average Bonchev–Trinajstić information content (AvgIpc) is 2.89. The summed E-state index contributed by atoms with van der Waals surface area (Å²) in [5, 5.41) is 2.88. The largest absolute Gasteiger partial charge is 0.347 e. The van der Waals surface area contributed by atoms with Crippen molar-refractivity contribution in [2.24, 2.45) is 0 Å². The maximum atomic E-state index is 12.2. The zero-order valence-corrected chi connectivity index (χ0v) is 14.4. The Kier molecular flexibility index (Phi) is 5.30. The fourth-order valence-electron chi connectivity index (χ4n) is 3.44. The molecule has 3 rings (SSSR count). The number of nitrogens with one attached hydrogen (secondary N) is 1. The van der Waals surface area contributed by atoms with Crippen molar-refractivity contribution >= 4 is 21.8 Å². The van der Waals surface area contributed by atoms with Crippen molar-refractivity contribution in [1.29, 1.82) is 0 Å². The predicted octanol–water partition coefficient (Wildman–Crippen LogP) is 0.862. The first-order valence-electron chi connectivity index (χ1n) is 8.38. The van der Waals surface area contributed by atoms with Crippen LogP contribution in [0.1, 0.15) is 25.0 Å². The number of carbonyl (C=O) groups excluding carboxylic acids is 1. The highest BCUT2D eigenvalue weighted by atomic mass is 32.2. The van der Waals surface area contributed by atoms with E-state index in [0.29, 0.717) is 5.69 Å². The molecule has 2 saturated heterocycles. The minimum absolute atomic E-state index is 0.0251. The van der Waals surface area contributed by atoms with Crippen molar-refractivity contribution in [1.82, 2.24) is 15.2 Å². The van der Waals surface area contributed by atoms with Crippen molar-refractivity contribution in [2.45, 2.75) is 31.3 Å². The molecule has 0 bridgehead atoms. The van der Waals surface area contributed by atoms with E-state index in [1.54, 1.807) is 18.3 Å². The molecule has 2 fully saturated rings. The molecule has 0 radical (unpaired) electrons. The first-order valence-corrected chi connectivity index (χ1v) is 10.2. The van der Waals surface area contributed by atoms with Crippen LogP contribution in [-0.2, 0) is 14.6 Å². The molecule has 24 heavy (non-hydrogen) atoms. The molecule has 1 aromatic rings. The number of hydrogen-bond acceptors (Lipinski definition) is 5. The zero-order valence-electron chi connectivity index (χ0n) is 13.6. The molecule has 1 amide bonds. The van der Waals surface area contributed by atoms with Crippen LogP contribution in [0.5, 0.6) is 0 Å². The van der Waals surface area contributed by atoms with Gasteiger partial charge in [0.1, 0.15) is 0 Å². The number of hydrogen-bond donors (Lipinski definition) is 1.